The van der Waals surface area contributed by atoms with Crippen molar-refractivity contribution in [3.63, 3.8) is 0 Å². The highest BCUT2D eigenvalue weighted by molar-refractivity contribution is 5.34. The molecule has 21 heavy (non-hydrogen) atoms. The number of rotatable bonds is 3. The third-order valence-corrected chi connectivity index (χ3v) is 4.47. The predicted octanol–water partition coefficient (Wildman–Crippen LogP) is 4.22. The number of halogens is 2. The molecule has 2 unspecified atom stereocenters. The SMILES string of the molecule is NC1CCCC1C(c1cccc(F)c1)c1cccc(F)c1. The van der Waals surface area contributed by atoms with E-state index in [2.05, 4.69) is 0 Å². The van der Waals surface area contributed by atoms with Gasteiger partial charge in [0.25, 0.3) is 0 Å². The maximum Gasteiger partial charge on any atom is 0.123 e. The summed E-state index contributed by atoms with van der Waals surface area (Å²) in [6.45, 7) is 0. The molecule has 1 nitrogen and oxygen atoms in total. The Hall–Kier alpha value is -1.74. The lowest BCUT2D eigenvalue weighted by molar-refractivity contribution is 0.427. The molecule has 0 spiro atoms. The van der Waals surface area contributed by atoms with Crippen LogP contribution < -0.4 is 5.73 Å². The fraction of sp³-hybridized carbons (Fsp3) is 0.333. The third kappa shape index (κ3) is 2.98. The van der Waals surface area contributed by atoms with Crippen LogP contribution in [-0.2, 0) is 0 Å². The zero-order valence-electron chi connectivity index (χ0n) is 11.8. The van der Waals surface area contributed by atoms with Gasteiger partial charge >= 0.3 is 0 Å². The van der Waals surface area contributed by atoms with Crippen LogP contribution in [0.25, 0.3) is 0 Å². The topological polar surface area (TPSA) is 26.0 Å². The first-order valence-electron chi connectivity index (χ1n) is 7.41. The number of hydrogen-bond acceptors (Lipinski definition) is 1. The highest BCUT2D eigenvalue weighted by atomic mass is 19.1. The fourth-order valence-corrected chi connectivity index (χ4v) is 3.52. The van der Waals surface area contributed by atoms with Gasteiger partial charge < -0.3 is 5.73 Å². The first-order chi connectivity index (χ1) is 10.1. The molecule has 1 saturated carbocycles. The van der Waals surface area contributed by atoms with Gasteiger partial charge in [0, 0.05) is 12.0 Å². The van der Waals surface area contributed by atoms with Crippen molar-refractivity contribution in [3.05, 3.63) is 71.3 Å². The first kappa shape index (κ1) is 14.2. The van der Waals surface area contributed by atoms with E-state index in [1.54, 1.807) is 24.3 Å². The molecular weight excluding hydrogens is 268 g/mol. The second kappa shape index (κ2) is 5.94. The van der Waals surface area contributed by atoms with Crippen molar-refractivity contribution in [3.8, 4) is 0 Å². The van der Waals surface area contributed by atoms with Crippen LogP contribution in [-0.4, -0.2) is 6.04 Å². The monoisotopic (exact) mass is 287 g/mol. The largest absolute Gasteiger partial charge is 0.327 e. The standard InChI is InChI=1S/C18H19F2N/c19-14-6-1-4-12(10-14)18(16-8-3-9-17(16)21)13-5-2-7-15(20)11-13/h1-2,4-7,10-11,16-18H,3,8-9,21H2. The summed E-state index contributed by atoms with van der Waals surface area (Å²) in [6, 6.07) is 13.3. The molecule has 1 aliphatic carbocycles. The van der Waals surface area contributed by atoms with Crippen LogP contribution in [0, 0.1) is 17.6 Å². The highest BCUT2D eigenvalue weighted by Crippen LogP contribution is 2.41. The Balaban J connectivity index is 2.06. The quantitative estimate of drug-likeness (QED) is 0.898. The minimum atomic E-state index is -0.263. The molecule has 0 amide bonds. The van der Waals surface area contributed by atoms with E-state index < -0.39 is 0 Å². The van der Waals surface area contributed by atoms with Gasteiger partial charge in [0.2, 0.25) is 0 Å². The molecule has 0 aliphatic heterocycles. The summed E-state index contributed by atoms with van der Waals surface area (Å²) in [5, 5.41) is 0. The van der Waals surface area contributed by atoms with Gasteiger partial charge in [-0.2, -0.15) is 0 Å². The lowest BCUT2D eigenvalue weighted by Crippen LogP contribution is -2.30. The van der Waals surface area contributed by atoms with Crippen molar-refractivity contribution in [2.45, 2.75) is 31.2 Å². The minimum Gasteiger partial charge on any atom is -0.327 e. The van der Waals surface area contributed by atoms with Crippen LogP contribution in [0.3, 0.4) is 0 Å². The Labute approximate surface area is 123 Å². The molecule has 0 radical (unpaired) electrons. The normalized spacial score (nSPS) is 21.9. The molecule has 1 fully saturated rings. The van der Waals surface area contributed by atoms with E-state index in [0.29, 0.717) is 0 Å². The summed E-state index contributed by atoms with van der Waals surface area (Å²) < 4.78 is 27.2. The van der Waals surface area contributed by atoms with Crippen molar-refractivity contribution in [2.75, 3.05) is 0 Å². The van der Waals surface area contributed by atoms with Gasteiger partial charge in [-0.1, -0.05) is 30.7 Å². The molecule has 2 atom stereocenters. The summed E-state index contributed by atoms with van der Waals surface area (Å²) in [5.41, 5.74) is 8.00. The summed E-state index contributed by atoms with van der Waals surface area (Å²) in [5.74, 6) is -0.344. The zero-order valence-corrected chi connectivity index (χ0v) is 11.8. The van der Waals surface area contributed by atoms with Crippen LogP contribution in [0.4, 0.5) is 8.78 Å². The molecule has 3 rings (SSSR count). The summed E-state index contributed by atoms with van der Waals surface area (Å²) in [6.07, 6.45) is 3.05. The van der Waals surface area contributed by atoms with E-state index in [-0.39, 0.29) is 29.5 Å². The van der Waals surface area contributed by atoms with E-state index >= 15 is 0 Å². The smallest absolute Gasteiger partial charge is 0.123 e. The van der Waals surface area contributed by atoms with Crippen molar-refractivity contribution in [1.82, 2.24) is 0 Å². The molecule has 0 bridgehead atoms. The van der Waals surface area contributed by atoms with Gasteiger partial charge in [-0.05, 0) is 54.2 Å². The summed E-state index contributed by atoms with van der Waals surface area (Å²) in [4.78, 5) is 0. The molecule has 110 valence electrons. The number of benzene rings is 2. The first-order valence-corrected chi connectivity index (χ1v) is 7.41. The minimum absolute atomic E-state index is 0.0473. The Bertz CT molecular complexity index is 581. The van der Waals surface area contributed by atoms with Crippen molar-refractivity contribution in [1.29, 1.82) is 0 Å². The number of hydrogen-bond donors (Lipinski definition) is 1. The molecule has 0 aromatic heterocycles. The van der Waals surface area contributed by atoms with E-state index in [0.717, 1.165) is 30.4 Å². The molecule has 1 aliphatic rings. The second-order valence-corrected chi connectivity index (χ2v) is 5.85. The van der Waals surface area contributed by atoms with Gasteiger partial charge in [0.15, 0.2) is 0 Å². The van der Waals surface area contributed by atoms with Crippen molar-refractivity contribution >= 4 is 0 Å². The average Bonchev–Trinajstić information content (AvgIpc) is 2.86. The van der Waals surface area contributed by atoms with Gasteiger partial charge in [0.1, 0.15) is 11.6 Å². The van der Waals surface area contributed by atoms with Gasteiger partial charge in [-0.15, -0.1) is 0 Å². The van der Waals surface area contributed by atoms with Crippen LogP contribution in [0.5, 0.6) is 0 Å². The summed E-state index contributed by atoms with van der Waals surface area (Å²) in [7, 11) is 0. The van der Waals surface area contributed by atoms with E-state index in [9.17, 15) is 8.78 Å². The second-order valence-electron chi connectivity index (χ2n) is 5.85. The van der Waals surface area contributed by atoms with Crippen LogP contribution in [0.2, 0.25) is 0 Å². The third-order valence-electron chi connectivity index (χ3n) is 4.47. The van der Waals surface area contributed by atoms with Crippen LogP contribution >= 0.6 is 0 Å². The summed E-state index contributed by atoms with van der Waals surface area (Å²) >= 11 is 0. The van der Waals surface area contributed by atoms with Gasteiger partial charge in [-0.25, -0.2) is 8.78 Å². The molecule has 2 N–H and O–H groups in total. The van der Waals surface area contributed by atoms with Crippen LogP contribution in [0.15, 0.2) is 48.5 Å². The predicted molar refractivity (Wildman–Crippen MR) is 80.0 cm³/mol. The van der Waals surface area contributed by atoms with Crippen LogP contribution in [0.1, 0.15) is 36.3 Å². The number of nitrogens with two attached hydrogens (primary N) is 1. The maximum absolute atomic E-state index is 13.6. The Morgan fingerprint density at radius 1 is 0.905 bits per heavy atom. The molecule has 3 heteroatoms. The van der Waals surface area contributed by atoms with Crippen molar-refractivity contribution < 1.29 is 8.78 Å². The van der Waals surface area contributed by atoms with Gasteiger partial charge in [0.05, 0.1) is 0 Å². The maximum atomic E-state index is 13.6. The molecule has 0 heterocycles. The average molecular weight is 287 g/mol. The zero-order chi connectivity index (χ0) is 14.8. The Kier molecular flexibility index (Phi) is 4.02. The van der Waals surface area contributed by atoms with E-state index in [4.69, 9.17) is 5.73 Å². The molecule has 0 saturated heterocycles. The molecule has 2 aromatic carbocycles. The van der Waals surface area contributed by atoms with E-state index in [1.165, 1.54) is 12.1 Å². The fourth-order valence-electron chi connectivity index (χ4n) is 3.52. The lowest BCUT2D eigenvalue weighted by atomic mass is 9.78. The van der Waals surface area contributed by atoms with E-state index in [1.807, 2.05) is 12.1 Å². The van der Waals surface area contributed by atoms with Gasteiger partial charge in [-0.3, -0.25) is 0 Å². The molecule has 2 aromatic rings. The Morgan fingerprint density at radius 3 is 1.90 bits per heavy atom. The lowest BCUT2D eigenvalue weighted by Gasteiger charge is -2.28. The van der Waals surface area contributed by atoms with Crippen molar-refractivity contribution in [2.24, 2.45) is 11.7 Å². The molecular formula is C18H19F2N. The highest BCUT2D eigenvalue weighted by Gasteiger charge is 2.33. The Morgan fingerprint density at radius 2 is 1.48 bits per heavy atom.